The number of anilines is 3. The summed E-state index contributed by atoms with van der Waals surface area (Å²) >= 11 is 0. The van der Waals surface area contributed by atoms with Crippen molar-refractivity contribution in [3.05, 3.63) is 65.2 Å². The van der Waals surface area contributed by atoms with Gasteiger partial charge in [-0.25, -0.2) is 4.98 Å². The molecule has 3 N–H and O–H groups in total. The maximum absolute atomic E-state index is 12.5. The lowest BCUT2D eigenvalue weighted by atomic mass is 10.1. The fourth-order valence-corrected chi connectivity index (χ4v) is 2.55. The van der Waals surface area contributed by atoms with E-state index in [0.717, 1.165) is 5.69 Å². The van der Waals surface area contributed by atoms with E-state index < -0.39 is 5.91 Å². The highest BCUT2D eigenvalue weighted by molar-refractivity contribution is 6.04. The number of hydrogen-bond acceptors (Lipinski definition) is 6. The summed E-state index contributed by atoms with van der Waals surface area (Å²) in [7, 11) is 1.81. The normalized spacial score (nSPS) is 10.1. The molecule has 0 saturated heterocycles. The average molecular weight is 359 g/mol. The van der Waals surface area contributed by atoms with Crippen LogP contribution in [0.15, 0.2) is 42.7 Å². The molecule has 0 aliphatic rings. The van der Waals surface area contributed by atoms with Crippen LogP contribution in [0.2, 0.25) is 0 Å². The predicted octanol–water partition coefficient (Wildman–Crippen LogP) is 2.99. The number of hydrogen-bond donors (Lipinski definition) is 3. The Labute approximate surface area is 156 Å². The van der Waals surface area contributed by atoms with Crippen molar-refractivity contribution in [2.24, 2.45) is 7.05 Å². The maximum atomic E-state index is 12.5. The number of nitriles is 1. The van der Waals surface area contributed by atoms with Gasteiger partial charge < -0.3 is 16.0 Å². The van der Waals surface area contributed by atoms with Gasteiger partial charge in [0, 0.05) is 42.1 Å². The van der Waals surface area contributed by atoms with Crippen LogP contribution in [0, 0.1) is 23.7 Å². The second-order valence-electron chi connectivity index (χ2n) is 5.92. The third-order valence-corrected chi connectivity index (χ3v) is 3.77. The number of benzene rings is 1. The summed E-state index contributed by atoms with van der Waals surface area (Å²) in [6, 6.07) is 10.2. The van der Waals surface area contributed by atoms with Gasteiger partial charge in [-0.05, 0) is 37.3 Å². The molecular formula is C19H17N7O. The molecular weight excluding hydrogens is 342 g/mol. The number of rotatable bonds is 5. The molecule has 134 valence electrons. The van der Waals surface area contributed by atoms with Crippen LogP contribution >= 0.6 is 0 Å². The molecule has 0 atom stereocenters. The van der Waals surface area contributed by atoms with Crippen molar-refractivity contribution in [3.8, 4) is 6.07 Å². The third-order valence-electron chi connectivity index (χ3n) is 3.77. The van der Waals surface area contributed by atoms with Gasteiger partial charge in [0.2, 0.25) is 0 Å². The molecule has 0 bridgehead atoms. The molecule has 1 aromatic carbocycles. The van der Waals surface area contributed by atoms with Crippen molar-refractivity contribution < 1.29 is 4.79 Å². The molecule has 1 amide bonds. The van der Waals surface area contributed by atoms with Gasteiger partial charge in [-0.15, -0.1) is 0 Å². The molecule has 0 fully saturated rings. The van der Waals surface area contributed by atoms with Gasteiger partial charge in [0.25, 0.3) is 5.91 Å². The van der Waals surface area contributed by atoms with E-state index in [2.05, 4.69) is 20.7 Å². The summed E-state index contributed by atoms with van der Waals surface area (Å²) in [4.78, 5) is 16.7. The first-order valence-corrected chi connectivity index (χ1v) is 8.09. The molecule has 27 heavy (non-hydrogen) atoms. The molecule has 2 aromatic heterocycles. The van der Waals surface area contributed by atoms with E-state index in [-0.39, 0.29) is 5.69 Å². The number of aryl methyl sites for hydroxylation is 2. The number of pyridine rings is 1. The van der Waals surface area contributed by atoms with Crippen LogP contribution in [0.3, 0.4) is 0 Å². The highest BCUT2D eigenvalue weighted by atomic mass is 16.1. The first-order valence-electron chi connectivity index (χ1n) is 8.09. The van der Waals surface area contributed by atoms with E-state index >= 15 is 0 Å². The molecule has 3 aromatic rings. The molecule has 2 heterocycles. The highest BCUT2D eigenvalue weighted by Crippen LogP contribution is 2.24. The van der Waals surface area contributed by atoms with Crippen LogP contribution in [0.5, 0.6) is 0 Å². The molecule has 0 radical (unpaired) electrons. The molecule has 0 spiro atoms. The Hall–Kier alpha value is -3.99. The van der Waals surface area contributed by atoms with E-state index in [1.807, 2.05) is 13.1 Å². The molecule has 0 saturated carbocycles. The zero-order chi connectivity index (χ0) is 19.4. The number of aromatic nitrogens is 3. The van der Waals surface area contributed by atoms with Crippen LogP contribution in [0.1, 0.15) is 27.3 Å². The first kappa shape index (κ1) is 17.8. The second kappa shape index (κ2) is 7.49. The van der Waals surface area contributed by atoms with Crippen LogP contribution in [-0.2, 0) is 7.05 Å². The van der Waals surface area contributed by atoms with Crippen molar-refractivity contribution in [3.63, 3.8) is 0 Å². The molecule has 8 heteroatoms. The van der Waals surface area contributed by atoms with Gasteiger partial charge in [0.05, 0.1) is 23.5 Å². The van der Waals surface area contributed by atoms with Crippen LogP contribution in [-0.4, -0.2) is 26.9 Å². The fraction of sp³-hybridized carbons (Fsp3) is 0.105. The highest BCUT2D eigenvalue weighted by Gasteiger charge is 2.12. The minimum Gasteiger partial charge on any atom is -0.352 e. The Morgan fingerprint density at radius 3 is 2.78 bits per heavy atom. The molecule has 0 unspecified atom stereocenters. The fourth-order valence-electron chi connectivity index (χ4n) is 2.55. The zero-order valence-corrected chi connectivity index (χ0v) is 14.8. The van der Waals surface area contributed by atoms with Crippen LogP contribution < -0.4 is 10.6 Å². The Balaban J connectivity index is 1.86. The average Bonchev–Trinajstić information content (AvgIpc) is 3.06. The monoisotopic (exact) mass is 359 g/mol. The zero-order valence-electron chi connectivity index (χ0n) is 14.8. The Morgan fingerprint density at radius 1 is 1.30 bits per heavy atom. The van der Waals surface area contributed by atoms with E-state index in [1.165, 1.54) is 12.3 Å². The van der Waals surface area contributed by atoms with Crippen LogP contribution in [0.4, 0.5) is 17.1 Å². The van der Waals surface area contributed by atoms with Gasteiger partial charge in [-0.3, -0.25) is 9.48 Å². The summed E-state index contributed by atoms with van der Waals surface area (Å²) < 4.78 is 1.66. The molecule has 3 rings (SSSR count). The number of carbonyl (C=O) groups is 1. The lowest BCUT2D eigenvalue weighted by Gasteiger charge is -2.11. The van der Waals surface area contributed by atoms with E-state index in [4.69, 9.17) is 10.7 Å². The predicted molar refractivity (Wildman–Crippen MR) is 102 cm³/mol. The molecule has 0 aliphatic heterocycles. The largest absolute Gasteiger partial charge is 0.352 e. The Bertz CT molecular complexity index is 1060. The van der Waals surface area contributed by atoms with Gasteiger partial charge in [0.15, 0.2) is 0 Å². The smallest absolute Gasteiger partial charge is 0.274 e. The Morgan fingerprint density at radius 2 is 2.11 bits per heavy atom. The molecule has 8 nitrogen and oxygen atoms in total. The first-order chi connectivity index (χ1) is 13.0. The van der Waals surface area contributed by atoms with Gasteiger partial charge in [0.1, 0.15) is 5.69 Å². The number of amides is 1. The third kappa shape index (κ3) is 4.16. The van der Waals surface area contributed by atoms with Crippen molar-refractivity contribution in [1.29, 1.82) is 10.7 Å². The second-order valence-corrected chi connectivity index (χ2v) is 5.92. The molecule has 0 aliphatic carbocycles. The summed E-state index contributed by atoms with van der Waals surface area (Å²) in [5.41, 5.74) is 3.78. The topological polar surface area (TPSA) is 119 Å². The summed E-state index contributed by atoms with van der Waals surface area (Å²) in [5.74, 6) is -0.412. The van der Waals surface area contributed by atoms with E-state index in [1.54, 1.807) is 48.3 Å². The Kier molecular flexibility index (Phi) is 4.95. The van der Waals surface area contributed by atoms with E-state index in [9.17, 15) is 4.79 Å². The number of nitrogens with zero attached hydrogens (tertiary/aromatic N) is 4. The lowest BCUT2D eigenvalue weighted by Crippen LogP contribution is -2.14. The quantitative estimate of drug-likeness (QED) is 0.605. The lowest BCUT2D eigenvalue weighted by molar-refractivity contribution is 0.102. The SMILES string of the molecule is Cc1cc(C#N)cc(C(=O)Nc2ccc(C=N)c(Nc3cnn(C)c3)c2)n1. The minimum atomic E-state index is -0.412. The minimum absolute atomic E-state index is 0.171. The summed E-state index contributed by atoms with van der Waals surface area (Å²) in [6.45, 7) is 1.73. The summed E-state index contributed by atoms with van der Waals surface area (Å²) in [6.07, 6.45) is 4.70. The van der Waals surface area contributed by atoms with Gasteiger partial charge >= 0.3 is 0 Å². The van der Waals surface area contributed by atoms with E-state index in [0.29, 0.717) is 28.2 Å². The van der Waals surface area contributed by atoms with Crippen molar-refractivity contribution in [2.45, 2.75) is 6.92 Å². The van der Waals surface area contributed by atoms with Crippen molar-refractivity contribution in [2.75, 3.05) is 10.6 Å². The van der Waals surface area contributed by atoms with Crippen LogP contribution in [0.25, 0.3) is 0 Å². The van der Waals surface area contributed by atoms with Gasteiger partial charge in [-0.1, -0.05) is 0 Å². The summed E-state index contributed by atoms with van der Waals surface area (Å²) in [5, 5.41) is 26.7. The maximum Gasteiger partial charge on any atom is 0.274 e. The van der Waals surface area contributed by atoms with Crippen molar-refractivity contribution >= 4 is 29.2 Å². The number of nitrogens with one attached hydrogen (secondary N) is 3. The standard InChI is InChI=1S/C19H17N7O/c1-12-5-13(8-20)6-18(23-12)19(27)25-15-4-3-14(9-21)17(7-15)24-16-10-22-26(2)11-16/h3-7,9-11,21,24H,1-2H3,(H,25,27). The van der Waals surface area contributed by atoms with Crippen molar-refractivity contribution in [1.82, 2.24) is 14.8 Å². The van der Waals surface area contributed by atoms with Gasteiger partial charge in [-0.2, -0.15) is 10.4 Å². The number of carbonyl (C=O) groups excluding carboxylic acids is 1.